The molecule has 1 aromatic carbocycles. The van der Waals surface area contributed by atoms with E-state index in [0.717, 1.165) is 16.9 Å². The molecule has 76 valence electrons. The van der Waals surface area contributed by atoms with Crippen LogP contribution in [0.15, 0.2) is 42.6 Å². The maximum atomic E-state index is 5.84. The molecule has 0 spiro atoms. The first-order valence-electron chi connectivity index (χ1n) is 4.80. The van der Waals surface area contributed by atoms with Gasteiger partial charge in [0, 0.05) is 18.8 Å². The Morgan fingerprint density at radius 1 is 1.13 bits per heavy atom. The molecule has 1 aromatic heterocycles. The summed E-state index contributed by atoms with van der Waals surface area (Å²) in [5, 5.41) is 2.94. The number of nitrogens with zero attached hydrogens (tertiary/aromatic N) is 1. The molecule has 1 heterocycles. The quantitative estimate of drug-likeness (QED) is 0.780. The largest absolute Gasteiger partial charge is 0.396 e. The van der Waals surface area contributed by atoms with E-state index in [9.17, 15) is 0 Å². The van der Waals surface area contributed by atoms with Gasteiger partial charge in [-0.1, -0.05) is 30.3 Å². The van der Waals surface area contributed by atoms with Gasteiger partial charge in [-0.05, 0) is 11.6 Å². The molecule has 0 aliphatic carbocycles. The second kappa shape index (κ2) is 4.00. The first-order valence-corrected chi connectivity index (χ1v) is 4.80. The fourth-order valence-corrected chi connectivity index (χ4v) is 1.48. The summed E-state index contributed by atoms with van der Waals surface area (Å²) in [5.41, 5.74) is 8.67. The Morgan fingerprint density at radius 2 is 1.87 bits per heavy atom. The summed E-state index contributed by atoms with van der Waals surface area (Å²) in [7, 11) is 1.81. The van der Waals surface area contributed by atoms with E-state index in [4.69, 9.17) is 5.73 Å². The molecular formula is C12H13N3. The minimum absolute atomic E-state index is 0.666. The van der Waals surface area contributed by atoms with Crippen LogP contribution in [-0.2, 0) is 0 Å². The number of benzene rings is 1. The lowest BCUT2D eigenvalue weighted by atomic mass is 10.1. The third-order valence-electron chi connectivity index (χ3n) is 2.26. The van der Waals surface area contributed by atoms with Crippen LogP contribution in [0.4, 0.5) is 11.5 Å². The Kier molecular flexibility index (Phi) is 2.54. The van der Waals surface area contributed by atoms with Crippen LogP contribution in [0.1, 0.15) is 0 Å². The van der Waals surface area contributed by atoms with Gasteiger partial charge < -0.3 is 11.1 Å². The minimum Gasteiger partial charge on any atom is -0.396 e. The summed E-state index contributed by atoms with van der Waals surface area (Å²) in [6.07, 6.45) is 1.82. The van der Waals surface area contributed by atoms with E-state index >= 15 is 0 Å². The van der Waals surface area contributed by atoms with Gasteiger partial charge in [-0.15, -0.1) is 0 Å². The predicted molar refractivity (Wildman–Crippen MR) is 63.6 cm³/mol. The third kappa shape index (κ3) is 1.91. The average Bonchev–Trinajstić information content (AvgIpc) is 2.30. The average molecular weight is 199 g/mol. The molecule has 0 bridgehead atoms. The van der Waals surface area contributed by atoms with Crippen molar-refractivity contribution in [3.8, 4) is 11.1 Å². The zero-order valence-electron chi connectivity index (χ0n) is 8.57. The lowest BCUT2D eigenvalue weighted by Crippen LogP contribution is -1.98. The highest BCUT2D eigenvalue weighted by Crippen LogP contribution is 2.23. The van der Waals surface area contributed by atoms with Gasteiger partial charge in [0.2, 0.25) is 0 Å². The van der Waals surface area contributed by atoms with Crippen LogP contribution >= 0.6 is 0 Å². The van der Waals surface area contributed by atoms with Crippen LogP contribution in [0.2, 0.25) is 0 Å². The lowest BCUT2D eigenvalue weighted by molar-refractivity contribution is 1.29. The van der Waals surface area contributed by atoms with Crippen molar-refractivity contribution >= 4 is 11.5 Å². The molecule has 0 aliphatic rings. The van der Waals surface area contributed by atoms with E-state index in [0.29, 0.717) is 5.69 Å². The summed E-state index contributed by atoms with van der Waals surface area (Å²) >= 11 is 0. The molecule has 0 saturated carbocycles. The SMILES string of the molecule is CNc1ncc(-c2ccccc2)cc1N. The molecule has 0 saturated heterocycles. The molecule has 0 amide bonds. The first kappa shape index (κ1) is 9.52. The van der Waals surface area contributed by atoms with Crippen LogP contribution in [0.5, 0.6) is 0 Å². The molecule has 0 aliphatic heterocycles. The van der Waals surface area contributed by atoms with E-state index in [-0.39, 0.29) is 0 Å². The molecular weight excluding hydrogens is 186 g/mol. The van der Waals surface area contributed by atoms with Gasteiger partial charge in [0.1, 0.15) is 5.82 Å². The molecule has 0 fully saturated rings. The number of nitrogens with two attached hydrogens (primary N) is 1. The molecule has 3 N–H and O–H groups in total. The van der Waals surface area contributed by atoms with Crippen LogP contribution in [0, 0.1) is 0 Å². The van der Waals surface area contributed by atoms with Crippen LogP contribution < -0.4 is 11.1 Å². The highest BCUT2D eigenvalue weighted by Gasteiger charge is 2.01. The van der Waals surface area contributed by atoms with Crippen molar-refractivity contribution in [2.45, 2.75) is 0 Å². The first-order chi connectivity index (χ1) is 7.31. The Balaban J connectivity index is 2.43. The number of nitrogens with one attached hydrogen (secondary N) is 1. The molecule has 0 unspecified atom stereocenters. The standard InChI is InChI=1S/C12H13N3/c1-14-12-11(13)7-10(8-15-12)9-5-3-2-4-6-9/h2-8H,13H2,1H3,(H,14,15). The van der Waals surface area contributed by atoms with Gasteiger partial charge in [0.15, 0.2) is 0 Å². The lowest BCUT2D eigenvalue weighted by Gasteiger charge is -2.06. The smallest absolute Gasteiger partial charge is 0.148 e. The third-order valence-corrected chi connectivity index (χ3v) is 2.26. The van der Waals surface area contributed by atoms with Crippen molar-refractivity contribution in [1.82, 2.24) is 4.98 Å². The molecule has 0 atom stereocenters. The van der Waals surface area contributed by atoms with Gasteiger partial charge in [-0.25, -0.2) is 4.98 Å². The van der Waals surface area contributed by atoms with Gasteiger partial charge >= 0.3 is 0 Å². The minimum atomic E-state index is 0.666. The van der Waals surface area contributed by atoms with Gasteiger partial charge in [0.25, 0.3) is 0 Å². The van der Waals surface area contributed by atoms with Crippen molar-refractivity contribution in [2.24, 2.45) is 0 Å². The van der Waals surface area contributed by atoms with Crippen molar-refractivity contribution in [1.29, 1.82) is 0 Å². The van der Waals surface area contributed by atoms with Gasteiger partial charge in [-0.3, -0.25) is 0 Å². The summed E-state index contributed by atoms with van der Waals surface area (Å²) in [5.74, 6) is 0.717. The molecule has 3 nitrogen and oxygen atoms in total. The topological polar surface area (TPSA) is 50.9 Å². The van der Waals surface area contributed by atoms with E-state index in [1.807, 2.05) is 42.6 Å². The summed E-state index contributed by atoms with van der Waals surface area (Å²) in [4.78, 5) is 4.24. The number of nitrogen functional groups attached to an aromatic ring is 1. The van der Waals surface area contributed by atoms with E-state index in [2.05, 4.69) is 10.3 Å². The summed E-state index contributed by atoms with van der Waals surface area (Å²) in [6, 6.07) is 12.0. The van der Waals surface area contributed by atoms with E-state index in [1.165, 1.54) is 0 Å². The Hall–Kier alpha value is -2.03. The maximum absolute atomic E-state index is 5.84. The fraction of sp³-hybridized carbons (Fsp3) is 0.0833. The number of hydrogen-bond donors (Lipinski definition) is 2. The number of rotatable bonds is 2. The van der Waals surface area contributed by atoms with E-state index in [1.54, 1.807) is 7.05 Å². The van der Waals surface area contributed by atoms with Crippen LogP contribution in [-0.4, -0.2) is 12.0 Å². The van der Waals surface area contributed by atoms with Gasteiger partial charge in [-0.2, -0.15) is 0 Å². The Labute approximate surface area is 89.0 Å². The molecule has 2 aromatic rings. The number of hydrogen-bond acceptors (Lipinski definition) is 3. The Morgan fingerprint density at radius 3 is 2.47 bits per heavy atom. The summed E-state index contributed by atoms with van der Waals surface area (Å²) in [6.45, 7) is 0. The molecule has 3 heteroatoms. The van der Waals surface area contributed by atoms with Gasteiger partial charge in [0.05, 0.1) is 5.69 Å². The highest BCUT2D eigenvalue weighted by molar-refractivity contribution is 5.72. The highest BCUT2D eigenvalue weighted by atomic mass is 15.0. The molecule has 2 rings (SSSR count). The zero-order valence-corrected chi connectivity index (χ0v) is 8.57. The van der Waals surface area contributed by atoms with Crippen LogP contribution in [0.3, 0.4) is 0 Å². The van der Waals surface area contributed by atoms with Crippen molar-refractivity contribution < 1.29 is 0 Å². The molecule has 0 radical (unpaired) electrons. The fourth-order valence-electron chi connectivity index (χ4n) is 1.48. The van der Waals surface area contributed by atoms with Crippen molar-refractivity contribution in [3.05, 3.63) is 42.6 Å². The maximum Gasteiger partial charge on any atom is 0.148 e. The number of pyridine rings is 1. The summed E-state index contributed by atoms with van der Waals surface area (Å²) < 4.78 is 0. The Bertz CT molecular complexity index is 452. The monoisotopic (exact) mass is 199 g/mol. The second-order valence-electron chi connectivity index (χ2n) is 3.28. The van der Waals surface area contributed by atoms with Crippen molar-refractivity contribution in [2.75, 3.05) is 18.1 Å². The predicted octanol–water partition coefficient (Wildman–Crippen LogP) is 2.37. The zero-order chi connectivity index (χ0) is 10.7. The van der Waals surface area contributed by atoms with Crippen LogP contribution in [0.25, 0.3) is 11.1 Å². The number of anilines is 2. The molecule has 15 heavy (non-hydrogen) atoms. The normalized spacial score (nSPS) is 9.93. The number of aromatic nitrogens is 1. The second-order valence-corrected chi connectivity index (χ2v) is 3.28. The van der Waals surface area contributed by atoms with E-state index < -0.39 is 0 Å². The van der Waals surface area contributed by atoms with Crippen molar-refractivity contribution in [3.63, 3.8) is 0 Å².